The van der Waals surface area contributed by atoms with Gasteiger partial charge < -0.3 is 39.4 Å². The average Bonchev–Trinajstić information content (AvgIpc) is 3.47. The highest BCUT2D eigenvalue weighted by molar-refractivity contribution is 6.04. The van der Waals surface area contributed by atoms with Crippen LogP contribution < -0.4 is 24.8 Å². The van der Waals surface area contributed by atoms with Crippen molar-refractivity contribution in [2.75, 3.05) is 39.0 Å². The van der Waals surface area contributed by atoms with Gasteiger partial charge in [-0.1, -0.05) is 0 Å². The van der Waals surface area contributed by atoms with Crippen molar-refractivity contribution in [3.8, 4) is 17.2 Å². The molecule has 10 heteroatoms. The Morgan fingerprint density at radius 2 is 1.94 bits per heavy atom. The zero-order valence-electron chi connectivity index (χ0n) is 19.3. The summed E-state index contributed by atoms with van der Waals surface area (Å²) in [7, 11) is 1.58. The van der Waals surface area contributed by atoms with Crippen LogP contribution in [0.2, 0.25) is 0 Å². The molecule has 5 rings (SSSR count). The number of benzene rings is 2. The Morgan fingerprint density at radius 1 is 1.11 bits per heavy atom. The fraction of sp³-hybridized carbons (Fsp3) is 0.440. The van der Waals surface area contributed by atoms with Crippen molar-refractivity contribution in [1.82, 2.24) is 5.32 Å². The highest BCUT2D eigenvalue weighted by Gasteiger charge is 2.46. The number of aliphatic hydroxyl groups excluding tert-OH is 1. The molecule has 2 aromatic carbocycles. The van der Waals surface area contributed by atoms with E-state index in [2.05, 4.69) is 10.6 Å². The van der Waals surface area contributed by atoms with Gasteiger partial charge in [-0.25, -0.2) is 0 Å². The Hall–Kier alpha value is -3.34. The third-order valence-electron chi connectivity index (χ3n) is 6.43. The molecular formula is C25H28N2O8. The van der Waals surface area contributed by atoms with Gasteiger partial charge in [-0.3, -0.25) is 9.59 Å². The van der Waals surface area contributed by atoms with E-state index in [1.54, 1.807) is 31.4 Å². The SMILES string of the molecule is COCCNC(=O)C[C@@H]1C[C@@H]2c3cc(NC(=O)c4ccc5c(c4)OCO5)ccc3O[C@@H]2[C@H](CO)O1. The number of ether oxygens (including phenoxy) is 5. The Morgan fingerprint density at radius 3 is 2.77 bits per heavy atom. The number of rotatable bonds is 8. The molecule has 10 nitrogen and oxygen atoms in total. The van der Waals surface area contributed by atoms with Crippen LogP contribution in [0.1, 0.15) is 34.7 Å². The topological polar surface area (TPSA) is 125 Å². The summed E-state index contributed by atoms with van der Waals surface area (Å²) in [6.45, 7) is 0.784. The molecule has 3 aliphatic rings. The molecule has 1 fully saturated rings. The summed E-state index contributed by atoms with van der Waals surface area (Å²) in [5, 5.41) is 15.6. The number of carbonyl (C=O) groups excluding carboxylic acids is 2. The molecule has 2 aromatic rings. The molecule has 0 saturated carbocycles. The standard InChI is InChI=1S/C25H28N2O8/c1-31-7-6-26-23(29)11-16-10-18-17-9-15(3-5-19(17)35-24(18)22(12-28)34-16)27-25(30)14-2-4-20-21(8-14)33-13-32-20/h2-5,8-9,16,18,22,24,28H,6-7,10-13H2,1H3,(H,26,29)(H,27,30)/t16-,18+,22-,24-/m0/s1. The van der Waals surface area contributed by atoms with Crippen LogP contribution in [0.15, 0.2) is 36.4 Å². The maximum atomic E-state index is 12.8. The molecule has 3 aliphatic heterocycles. The summed E-state index contributed by atoms with van der Waals surface area (Å²) in [4.78, 5) is 25.1. The van der Waals surface area contributed by atoms with Crippen LogP contribution in [-0.4, -0.2) is 68.9 Å². The Bertz CT molecular complexity index is 1110. The van der Waals surface area contributed by atoms with Crippen molar-refractivity contribution in [2.45, 2.75) is 37.1 Å². The van der Waals surface area contributed by atoms with Crippen molar-refractivity contribution in [1.29, 1.82) is 0 Å². The normalized spacial score (nSPS) is 23.7. The number of hydrogen-bond donors (Lipinski definition) is 3. The quantitative estimate of drug-likeness (QED) is 0.485. The predicted molar refractivity (Wildman–Crippen MR) is 124 cm³/mol. The van der Waals surface area contributed by atoms with Crippen LogP contribution >= 0.6 is 0 Å². The van der Waals surface area contributed by atoms with Gasteiger partial charge in [0.1, 0.15) is 18.0 Å². The van der Waals surface area contributed by atoms with Crippen molar-refractivity contribution < 1.29 is 38.4 Å². The number of carbonyl (C=O) groups is 2. The van der Waals surface area contributed by atoms with Gasteiger partial charge in [-0.2, -0.15) is 0 Å². The smallest absolute Gasteiger partial charge is 0.255 e. The zero-order chi connectivity index (χ0) is 24.4. The van der Waals surface area contributed by atoms with Gasteiger partial charge in [0, 0.05) is 36.4 Å². The summed E-state index contributed by atoms with van der Waals surface area (Å²) in [5.41, 5.74) is 2.00. The van der Waals surface area contributed by atoms with Crippen LogP contribution in [0.3, 0.4) is 0 Å². The first-order valence-electron chi connectivity index (χ1n) is 11.6. The second kappa shape index (κ2) is 10.1. The van der Waals surface area contributed by atoms with Crippen molar-refractivity contribution in [3.63, 3.8) is 0 Å². The lowest BCUT2D eigenvalue weighted by Crippen LogP contribution is -2.47. The molecule has 4 atom stereocenters. The lowest BCUT2D eigenvalue weighted by atomic mass is 9.84. The molecule has 186 valence electrons. The molecule has 0 aromatic heterocycles. The van der Waals surface area contributed by atoms with Gasteiger partial charge >= 0.3 is 0 Å². The van der Waals surface area contributed by atoms with Crippen LogP contribution in [-0.2, 0) is 14.3 Å². The summed E-state index contributed by atoms with van der Waals surface area (Å²) in [5.74, 6) is 1.36. The maximum absolute atomic E-state index is 12.8. The van der Waals surface area contributed by atoms with Crippen LogP contribution in [0, 0.1) is 0 Å². The molecule has 2 amide bonds. The van der Waals surface area contributed by atoms with E-state index in [9.17, 15) is 14.7 Å². The fourth-order valence-corrected chi connectivity index (χ4v) is 4.78. The van der Waals surface area contributed by atoms with E-state index >= 15 is 0 Å². The number of hydrogen-bond acceptors (Lipinski definition) is 8. The van der Waals surface area contributed by atoms with Gasteiger partial charge in [0.2, 0.25) is 12.7 Å². The number of methoxy groups -OCH3 is 1. The molecule has 3 heterocycles. The van der Waals surface area contributed by atoms with E-state index in [0.29, 0.717) is 48.1 Å². The second-order valence-electron chi connectivity index (χ2n) is 8.73. The van der Waals surface area contributed by atoms with Gasteiger partial charge in [0.05, 0.1) is 25.7 Å². The lowest BCUT2D eigenvalue weighted by molar-refractivity contribution is -0.142. The van der Waals surface area contributed by atoms with E-state index in [-0.39, 0.29) is 49.8 Å². The second-order valence-corrected chi connectivity index (χ2v) is 8.73. The van der Waals surface area contributed by atoms with Crippen molar-refractivity contribution in [3.05, 3.63) is 47.5 Å². The summed E-state index contributed by atoms with van der Waals surface area (Å²) >= 11 is 0. The highest BCUT2D eigenvalue weighted by atomic mass is 16.7. The molecule has 0 aliphatic carbocycles. The van der Waals surface area contributed by atoms with Crippen LogP contribution in [0.4, 0.5) is 5.69 Å². The molecular weight excluding hydrogens is 456 g/mol. The first-order chi connectivity index (χ1) is 17.1. The van der Waals surface area contributed by atoms with E-state index < -0.39 is 6.10 Å². The van der Waals surface area contributed by atoms with Crippen molar-refractivity contribution >= 4 is 17.5 Å². The largest absolute Gasteiger partial charge is 0.487 e. The maximum Gasteiger partial charge on any atom is 0.255 e. The van der Waals surface area contributed by atoms with E-state index in [1.165, 1.54) is 0 Å². The molecule has 0 bridgehead atoms. The number of amides is 2. The first-order valence-corrected chi connectivity index (χ1v) is 11.6. The molecule has 3 N–H and O–H groups in total. The summed E-state index contributed by atoms with van der Waals surface area (Å²) < 4.78 is 27.7. The minimum Gasteiger partial charge on any atom is -0.487 e. The molecule has 35 heavy (non-hydrogen) atoms. The van der Waals surface area contributed by atoms with Gasteiger partial charge in [0.15, 0.2) is 11.5 Å². The summed E-state index contributed by atoms with van der Waals surface area (Å²) in [6, 6.07) is 10.5. The van der Waals surface area contributed by atoms with Crippen molar-refractivity contribution in [2.24, 2.45) is 0 Å². The first kappa shape index (κ1) is 23.4. The minimum atomic E-state index is -0.551. The Balaban J connectivity index is 1.29. The summed E-state index contributed by atoms with van der Waals surface area (Å²) in [6.07, 6.45) is -0.533. The number of anilines is 1. The van der Waals surface area contributed by atoms with Gasteiger partial charge in [-0.05, 0) is 42.8 Å². The molecule has 1 saturated heterocycles. The minimum absolute atomic E-state index is 0.0740. The van der Waals surface area contributed by atoms with Crippen LogP contribution in [0.25, 0.3) is 0 Å². The number of nitrogens with one attached hydrogen (secondary N) is 2. The third-order valence-corrected chi connectivity index (χ3v) is 6.43. The van der Waals surface area contributed by atoms with Gasteiger partial charge in [0.25, 0.3) is 5.91 Å². The Labute approximate surface area is 202 Å². The predicted octanol–water partition coefficient (Wildman–Crippen LogP) is 1.81. The van der Waals surface area contributed by atoms with E-state index in [0.717, 1.165) is 5.56 Å². The lowest BCUT2D eigenvalue weighted by Gasteiger charge is -2.37. The van der Waals surface area contributed by atoms with Gasteiger partial charge in [-0.15, -0.1) is 0 Å². The molecule has 0 unspecified atom stereocenters. The molecule has 0 spiro atoms. The van der Waals surface area contributed by atoms with E-state index in [4.69, 9.17) is 23.7 Å². The monoisotopic (exact) mass is 484 g/mol. The number of aliphatic hydroxyl groups is 1. The third kappa shape index (κ3) is 4.90. The molecule has 0 radical (unpaired) electrons. The highest BCUT2D eigenvalue weighted by Crippen LogP contribution is 2.47. The Kier molecular flexibility index (Phi) is 6.76. The average molecular weight is 485 g/mol. The zero-order valence-corrected chi connectivity index (χ0v) is 19.3. The van der Waals surface area contributed by atoms with E-state index in [1.807, 2.05) is 12.1 Å². The number of fused-ring (bicyclic) bond motifs is 4. The fourth-order valence-electron chi connectivity index (χ4n) is 4.78. The van der Waals surface area contributed by atoms with Crippen LogP contribution in [0.5, 0.6) is 17.2 Å².